The predicted octanol–water partition coefficient (Wildman–Crippen LogP) is 1.83. The summed E-state index contributed by atoms with van der Waals surface area (Å²) in [6, 6.07) is 4.06. The minimum Gasteiger partial charge on any atom is -0.369 e. The van der Waals surface area contributed by atoms with Gasteiger partial charge in [0.05, 0.1) is 12.2 Å². The summed E-state index contributed by atoms with van der Waals surface area (Å²) < 4.78 is 5.98. The first kappa shape index (κ1) is 10.6. The lowest BCUT2D eigenvalue weighted by atomic mass is 10.1. The fourth-order valence-electron chi connectivity index (χ4n) is 2.03. The maximum atomic E-state index is 5.98. The van der Waals surface area contributed by atoms with Gasteiger partial charge in [-0.25, -0.2) is 0 Å². The van der Waals surface area contributed by atoms with Gasteiger partial charge in [-0.15, -0.1) is 0 Å². The number of hydrogen-bond donors (Lipinski definition) is 1. The van der Waals surface area contributed by atoms with Crippen molar-refractivity contribution in [2.45, 2.75) is 32.5 Å². The molecule has 3 nitrogen and oxygen atoms in total. The number of nitrogens with one attached hydrogen (secondary N) is 1. The summed E-state index contributed by atoms with van der Waals surface area (Å²) >= 11 is 0. The first-order chi connectivity index (χ1) is 7.27. The SMILES string of the molecule is Cc1ncccc1[C@H](C)O[C@@H]1CCNC1. The molecule has 2 atom stereocenters. The topological polar surface area (TPSA) is 34.1 Å². The molecule has 0 amide bonds. The minimum absolute atomic E-state index is 0.142. The van der Waals surface area contributed by atoms with Crippen LogP contribution in [0.15, 0.2) is 18.3 Å². The van der Waals surface area contributed by atoms with E-state index in [1.165, 1.54) is 5.56 Å². The van der Waals surface area contributed by atoms with E-state index in [1.54, 1.807) is 0 Å². The summed E-state index contributed by atoms with van der Waals surface area (Å²) in [5.74, 6) is 0. The van der Waals surface area contributed by atoms with Gasteiger partial charge in [0.15, 0.2) is 0 Å². The van der Waals surface area contributed by atoms with Gasteiger partial charge in [-0.05, 0) is 32.9 Å². The highest BCUT2D eigenvalue weighted by molar-refractivity contribution is 5.20. The van der Waals surface area contributed by atoms with E-state index in [4.69, 9.17) is 4.74 Å². The Balaban J connectivity index is 2.00. The van der Waals surface area contributed by atoms with E-state index < -0.39 is 0 Å². The van der Waals surface area contributed by atoms with Crippen LogP contribution in [-0.4, -0.2) is 24.2 Å². The highest BCUT2D eigenvalue weighted by atomic mass is 16.5. The molecule has 15 heavy (non-hydrogen) atoms. The number of aryl methyl sites for hydroxylation is 1. The van der Waals surface area contributed by atoms with E-state index in [0.717, 1.165) is 25.2 Å². The Kier molecular flexibility index (Phi) is 3.34. The van der Waals surface area contributed by atoms with Crippen LogP contribution in [0.5, 0.6) is 0 Å². The van der Waals surface area contributed by atoms with Crippen LogP contribution in [0.3, 0.4) is 0 Å². The van der Waals surface area contributed by atoms with Gasteiger partial charge in [0, 0.05) is 24.0 Å². The molecule has 1 aliphatic rings. The number of aromatic nitrogens is 1. The number of ether oxygens (including phenoxy) is 1. The lowest BCUT2D eigenvalue weighted by molar-refractivity contribution is 0.00778. The van der Waals surface area contributed by atoms with E-state index in [2.05, 4.69) is 23.3 Å². The number of nitrogens with zero attached hydrogens (tertiary/aromatic N) is 1. The van der Waals surface area contributed by atoms with Crippen molar-refractivity contribution in [2.75, 3.05) is 13.1 Å². The Labute approximate surface area is 90.9 Å². The third kappa shape index (κ3) is 2.55. The summed E-state index contributed by atoms with van der Waals surface area (Å²) in [5.41, 5.74) is 2.26. The van der Waals surface area contributed by atoms with E-state index in [9.17, 15) is 0 Å². The van der Waals surface area contributed by atoms with E-state index in [-0.39, 0.29) is 6.10 Å². The van der Waals surface area contributed by atoms with Crippen molar-refractivity contribution in [3.8, 4) is 0 Å². The minimum atomic E-state index is 0.142. The van der Waals surface area contributed by atoms with Crippen LogP contribution < -0.4 is 5.32 Å². The molecule has 1 aromatic heterocycles. The molecule has 0 radical (unpaired) electrons. The lowest BCUT2D eigenvalue weighted by Crippen LogP contribution is -2.19. The molecule has 1 N–H and O–H groups in total. The van der Waals surface area contributed by atoms with Gasteiger partial charge in [0.1, 0.15) is 0 Å². The molecule has 0 saturated carbocycles. The second-order valence-corrected chi connectivity index (χ2v) is 4.07. The average molecular weight is 206 g/mol. The molecule has 1 saturated heterocycles. The van der Waals surface area contributed by atoms with Crippen LogP contribution in [0.2, 0.25) is 0 Å². The Bertz CT molecular complexity index is 321. The normalized spacial score (nSPS) is 22.9. The zero-order chi connectivity index (χ0) is 10.7. The van der Waals surface area contributed by atoms with E-state index >= 15 is 0 Å². The summed E-state index contributed by atoms with van der Waals surface area (Å²) in [5, 5.41) is 3.30. The Morgan fingerprint density at radius 2 is 2.47 bits per heavy atom. The number of rotatable bonds is 3. The lowest BCUT2D eigenvalue weighted by Gasteiger charge is -2.19. The summed E-state index contributed by atoms with van der Waals surface area (Å²) in [6.45, 7) is 6.18. The van der Waals surface area contributed by atoms with Gasteiger partial charge in [-0.1, -0.05) is 6.07 Å². The molecule has 3 heteroatoms. The first-order valence-corrected chi connectivity index (χ1v) is 5.55. The molecule has 0 unspecified atom stereocenters. The molecule has 2 heterocycles. The third-order valence-corrected chi connectivity index (χ3v) is 2.90. The van der Waals surface area contributed by atoms with Crippen LogP contribution in [0.4, 0.5) is 0 Å². The standard InChI is InChI=1S/C12H18N2O/c1-9-12(4-3-6-14-9)10(2)15-11-5-7-13-8-11/h3-4,6,10-11,13H,5,7-8H2,1-2H3/t10-,11+/m0/s1. The molecule has 0 spiro atoms. The van der Waals surface area contributed by atoms with Crippen LogP contribution in [0, 0.1) is 6.92 Å². The molecular weight excluding hydrogens is 188 g/mol. The summed E-state index contributed by atoms with van der Waals surface area (Å²) in [7, 11) is 0. The van der Waals surface area contributed by atoms with E-state index in [1.807, 2.05) is 19.2 Å². The van der Waals surface area contributed by atoms with Crippen LogP contribution >= 0.6 is 0 Å². The number of hydrogen-bond acceptors (Lipinski definition) is 3. The maximum absolute atomic E-state index is 5.98. The van der Waals surface area contributed by atoms with Crippen molar-refractivity contribution >= 4 is 0 Å². The summed E-state index contributed by atoms with van der Waals surface area (Å²) in [6.07, 6.45) is 3.44. The summed E-state index contributed by atoms with van der Waals surface area (Å²) in [4.78, 5) is 4.28. The molecule has 1 aromatic rings. The van der Waals surface area contributed by atoms with Crippen molar-refractivity contribution in [2.24, 2.45) is 0 Å². The molecule has 0 bridgehead atoms. The van der Waals surface area contributed by atoms with Gasteiger partial charge in [0.25, 0.3) is 0 Å². The molecule has 0 aromatic carbocycles. The quantitative estimate of drug-likeness (QED) is 0.819. The molecular formula is C12H18N2O. The number of pyridine rings is 1. The Hall–Kier alpha value is -0.930. The van der Waals surface area contributed by atoms with Crippen molar-refractivity contribution < 1.29 is 4.74 Å². The van der Waals surface area contributed by atoms with Crippen molar-refractivity contribution in [1.82, 2.24) is 10.3 Å². The zero-order valence-corrected chi connectivity index (χ0v) is 9.36. The molecule has 2 rings (SSSR count). The van der Waals surface area contributed by atoms with Gasteiger partial charge in [-0.3, -0.25) is 4.98 Å². The average Bonchev–Trinajstić information content (AvgIpc) is 2.71. The smallest absolute Gasteiger partial charge is 0.0818 e. The van der Waals surface area contributed by atoms with Crippen LogP contribution in [-0.2, 0) is 4.74 Å². The Morgan fingerprint density at radius 1 is 1.60 bits per heavy atom. The van der Waals surface area contributed by atoms with Crippen molar-refractivity contribution in [3.05, 3.63) is 29.6 Å². The van der Waals surface area contributed by atoms with Crippen molar-refractivity contribution in [1.29, 1.82) is 0 Å². The van der Waals surface area contributed by atoms with Gasteiger partial charge >= 0.3 is 0 Å². The van der Waals surface area contributed by atoms with Gasteiger partial charge in [0.2, 0.25) is 0 Å². The molecule has 0 aliphatic carbocycles. The first-order valence-electron chi connectivity index (χ1n) is 5.55. The Morgan fingerprint density at radius 3 is 3.13 bits per heavy atom. The molecule has 1 fully saturated rings. The van der Waals surface area contributed by atoms with Crippen molar-refractivity contribution in [3.63, 3.8) is 0 Å². The highest BCUT2D eigenvalue weighted by Gasteiger charge is 2.19. The van der Waals surface area contributed by atoms with Crippen LogP contribution in [0.25, 0.3) is 0 Å². The monoisotopic (exact) mass is 206 g/mol. The zero-order valence-electron chi connectivity index (χ0n) is 9.36. The highest BCUT2D eigenvalue weighted by Crippen LogP contribution is 2.22. The van der Waals surface area contributed by atoms with E-state index in [0.29, 0.717) is 6.10 Å². The molecule has 82 valence electrons. The second kappa shape index (κ2) is 4.73. The molecule has 1 aliphatic heterocycles. The fraction of sp³-hybridized carbons (Fsp3) is 0.583. The van der Waals surface area contributed by atoms with Crippen LogP contribution in [0.1, 0.15) is 30.7 Å². The van der Waals surface area contributed by atoms with Gasteiger partial charge < -0.3 is 10.1 Å². The second-order valence-electron chi connectivity index (χ2n) is 4.07. The fourth-order valence-corrected chi connectivity index (χ4v) is 2.03. The maximum Gasteiger partial charge on any atom is 0.0818 e. The third-order valence-electron chi connectivity index (χ3n) is 2.90. The predicted molar refractivity (Wildman–Crippen MR) is 59.7 cm³/mol. The largest absolute Gasteiger partial charge is 0.369 e. The van der Waals surface area contributed by atoms with Gasteiger partial charge in [-0.2, -0.15) is 0 Å².